The van der Waals surface area contributed by atoms with Gasteiger partial charge in [0.1, 0.15) is 0 Å². The first-order valence-corrected chi connectivity index (χ1v) is 7.93. The molecule has 0 aromatic carbocycles. The van der Waals surface area contributed by atoms with Gasteiger partial charge in [-0.1, -0.05) is 13.8 Å². The highest BCUT2D eigenvalue weighted by Gasteiger charge is 2.27. The predicted molar refractivity (Wildman–Crippen MR) is 70.5 cm³/mol. The maximum atomic E-state index is 12.0. The van der Waals surface area contributed by atoms with Crippen LogP contribution in [-0.2, 0) is 9.84 Å². The largest absolute Gasteiger partial charge is 0.314 e. The maximum absolute atomic E-state index is 12.0. The fourth-order valence-electron chi connectivity index (χ4n) is 1.73. The van der Waals surface area contributed by atoms with E-state index >= 15 is 0 Å². The molecular formula is C12H27NO2S. The molecule has 0 fully saturated rings. The molecule has 1 N–H and O–H groups in total. The topological polar surface area (TPSA) is 46.2 Å². The highest BCUT2D eigenvalue weighted by atomic mass is 32.2. The van der Waals surface area contributed by atoms with E-state index in [-0.39, 0.29) is 16.5 Å². The lowest BCUT2D eigenvalue weighted by atomic mass is 10.2. The minimum absolute atomic E-state index is 0.221. The SMILES string of the molecule is CCCNC(C)CC(C)S(=O)(=O)C(C)CC. The van der Waals surface area contributed by atoms with Crippen molar-refractivity contribution >= 4 is 9.84 Å². The molecule has 0 rings (SSSR count). The summed E-state index contributed by atoms with van der Waals surface area (Å²) in [4.78, 5) is 0. The number of sulfone groups is 1. The molecule has 4 heteroatoms. The van der Waals surface area contributed by atoms with Crippen molar-refractivity contribution in [3.63, 3.8) is 0 Å². The van der Waals surface area contributed by atoms with Gasteiger partial charge in [-0.05, 0) is 46.6 Å². The molecule has 0 saturated heterocycles. The van der Waals surface area contributed by atoms with Gasteiger partial charge in [0.2, 0.25) is 0 Å². The van der Waals surface area contributed by atoms with Gasteiger partial charge in [-0.2, -0.15) is 0 Å². The molecule has 0 bridgehead atoms. The van der Waals surface area contributed by atoms with Gasteiger partial charge < -0.3 is 5.32 Å². The minimum atomic E-state index is -2.95. The van der Waals surface area contributed by atoms with E-state index in [0.29, 0.717) is 12.8 Å². The molecule has 3 atom stereocenters. The van der Waals surface area contributed by atoms with Crippen molar-refractivity contribution < 1.29 is 8.42 Å². The molecule has 3 unspecified atom stereocenters. The lowest BCUT2D eigenvalue weighted by Gasteiger charge is -2.21. The van der Waals surface area contributed by atoms with Crippen molar-refractivity contribution in [3.8, 4) is 0 Å². The second-order valence-corrected chi connectivity index (χ2v) is 7.50. The third-order valence-electron chi connectivity index (χ3n) is 3.12. The first-order valence-electron chi connectivity index (χ1n) is 6.32. The standard InChI is InChI=1S/C12H27NO2S/c1-6-8-13-10(3)9-12(5)16(14,15)11(4)7-2/h10-13H,6-9H2,1-5H3. The van der Waals surface area contributed by atoms with Crippen molar-refractivity contribution in [2.24, 2.45) is 0 Å². The molecule has 0 radical (unpaired) electrons. The summed E-state index contributed by atoms with van der Waals surface area (Å²) < 4.78 is 24.1. The van der Waals surface area contributed by atoms with Crippen molar-refractivity contribution in [3.05, 3.63) is 0 Å². The number of hydrogen-bond acceptors (Lipinski definition) is 3. The van der Waals surface area contributed by atoms with Crippen LogP contribution >= 0.6 is 0 Å². The van der Waals surface area contributed by atoms with Crippen LogP contribution in [0.3, 0.4) is 0 Å². The van der Waals surface area contributed by atoms with Crippen LogP contribution < -0.4 is 5.32 Å². The Labute approximate surface area is 101 Å². The average molecular weight is 249 g/mol. The maximum Gasteiger partial charge on any atom is 0.155 e. The van der Waals surface area contributed by atoms with E-state index in [2.05, 4.69) is 19.2 Å². The minimum Gasteiger partial charge on any atom is -0.314 e. The van der Waals surface area contributed by atoms with Gasteiger partial charge in [0, 0.05) is 6.04 Å². The lowest BCUT2D eigenvalue weighted by Crippen LogP contribution is -2.35. The van der Waals surface area contributed by atoms with Crippen LogP contribution in [0.25, 0.3) is 0 Å². The summed E-state index contributed by atoms with van der Waals surface area (Å²) >= 11 is 0. The monoisotopic (exact) mass is 249 g/mol. The zero-order chi connectivity index (χ0) is 12.8. The normalized spacial score (nSPS) is 18.1. The molecule has 0 aliphatic heterocycles. The lowest BCUT2D eigenvalue weighted by molar-refractivity contribution is 0.493. The molecule has 0 spiro atoms. The molecule has 0 aliphatic rings. The van der Waals surface area contributed by atoms with Gasteiger partial charge in [-0.3, -0.25) is 0 Å². The quantitative estimate of drug-likeness (QED) is 0.718. The van der Waals surface area contributed by atoms with E-state index in [1.807, 2.05) is 13.8 Å². The third kappa shape index (κ3) is 4.83. The second-order valence-electron chi connectivity index (χ2n) is 4.71. The van der Waals surface area contributed by atoms with Crippen LogP contribution in [0.1, 0.15) is 53.9 Å². The van der Waals surface area contributed by atoms with Crippen LogP contribution in [0.4, 0.5) is 0 Å². The Morgan fingerprint density at radius 3 is 2.06 bits per heavy atom. The molecular weight excluding hydrogens is 222 g/mol. The van der Waals surface area contributed by atoms with Crippen molar-refractivity contribution in [2.45, 2.75) is 70.4 Å². The summed E-state index contributed by atoms with van der Waals surface area (Å²) in [5.74, 6) is 0. The molecule has 0 aromatic heterocycles. The third-order valence-corrected chi connectivity index (χ3v) is 5.89. The Balaban J connectivity index is 4.29. The molecule has 16 heavy (non-hydrogen) atoms. The predicted octanol–water partition coefficient (Wildman–Crippen LogP) is 2.37. The Bertz CT molecular complexity index is 275. The van der Waals surface area contributed by atoms with Crippen LogP contribution in [0.5, 0.6) is 0 Å². The van der Waals surface area contributed by atoms with Crippen LogP contribution in [0.2, 0.25) is 0 Å². The van der Waals surface area contributed by atoms with Crippen molar-refractivity contribution in [1.29, 1.82) is 0 Å². The molecule has 3 nitrogen and oxygen atoms in total. The van der Waals surface area contributed by atoms with E-state index in [1.165, 1.54) is 0 Å². The first-order chi connectivity index (χ1) is 7.36. The Hall–Kier alpha value is -0.0900. The summed E-state index contributed by atoms with van der Waals surface area (Å²) in [5.41, 5.74) is 0. The Kier molecular flexibility index (Phi) is 7.24. The van der Waals surface area contributed by atoms with E-state index in [4.69, 9.17) is 0 Å². The van der Waals surface area contributed by atoms with Crippen LogP contribution in [0, 0.1) is 0 Å². The molecule has 0 saturated carbocycles. The van der Waals surface area contributed by atoms with Gasteiger partial charge in [0.25, 0.3) is 0 Å². The van der Waals surface area contributed by atoms with Gasteiger partial charge in [-0.25, -0.2) is 8.42 Å². The molecule has 98 valence electrons. The number of hydrogen-bond donors (Lipinski definition) is 1. The van der Waals surface area contributed by atoms with E-state index in [0.717, 1.165) is 13.0 Å². The fraction of sp³-hybridized carbons (Fsp3) is 1.00. The molecule has 0 amide bonds. The van der Waals surface area contributed by atoms with Crippen LogP contribution in [0.15, 0.2) is 0 Å². The van der Waals surface area contributed by atoms with Crippen molar-refractivity contribution in [1.82, 2.24) is 5.32 Å². The zero-order valence-electron chi connectivity index (χ0n) is 11.3. The Morgan fingerprint density at radius 1 is 1.06 bits per heavy atom. The van der Waals surface area contributed by atoms with Gasteiger partial charge in [0.15, 0.2) is 9.84 Å². The zero-order valence-corrected chi connectivity index (χ0v) is 12.1. The van der Waals surface area contributed by atoms with Crippen LogP contribution in [-0.4, -0.2) is 31.5 Å². The molecule has 0 aromatic rings. The van der Waals surface area contributed by atoms with Crippen molar-refractivity contribution in [2.75, 3.05) is 6.54 Å². The summed E-state index contributed by atoms with van der Waals surface area (Å²) in [6, 6.07) is 0.272. The van der Waals surface area contributed by atoms with E-state index in [1.54, 1.807) is 6.92 Å². The van der Waals surface area contributed by atoms with Gasteiger partial charge in [-0.15, -0.1) is 0 Å². The number of nitrogens with one attached hydrogen (secondary N) is 1. The van der Waals surface area contributed by atoms with E-state index < -0.39 is 9.84 Å². The summed E-state index contributed by atoms with van der Waals surface area (Å²) in [7, 11) is -2.95. The molecule has 0 aliphatic carbocycles. The smallest absolute Gasteiger partial charge is 0.155 e. The summed E-state index contributed by atoms with van der Waals surface area (Å²) in [6.07, 6.45) is 2.48. The highest BCUT2D eigenvalue weighted by molar-refractivity contribution is 7.92. The summed E-state index contributed by atoms with van der Waals surface area (Å²) in [6.45, 7) is 10.7. The second kappa shape index (κ2) is 7.28. The summed E-state index contributed by atoms with van der Waals surface area (Å²) in [5, 5.41) is 2.86. The van der Waals surface area contributed by atoms with Gasteiger partial charge >= 0.3 is 0 Å². The van der Waals surface area contributed by atoms with E-state index in [9.17, 15) is 8.42 Å². The first kappa shape index (κ1) is 15.9. The number of rotatable bonds is 8. The highest BCUT2D eigenvalue weighted by Crippen LogP contribution is 2.16. The Morgan fingerprint density at radius 2 is 1.62 bits per heavy atom. The average Bonchev–Trinajstić information content (AvgIpc) is 2.24. The van der Waals surface area contributed by atoms with Gasteiger partial charge in [0.05, 0.1) is 10.5 Å². The fourth-order valence-corrected chi connectivity index (χ4v) is 3.55. The molecule has 0 heterocycles.